The molecule has 3 heteroatoms. The summed E-state index contributed by atoms with van der Waals surface area (Å²) in [5.74, 6) is 0.262. The van der Waals surface area contributed by atoms with E-state index in [0.29, 0.717) is 18.9 Å². The zero-order valence-electron chi connectivity index (χ0n) is 5.87. The Labute approximate surface area is 59.3 Å². The van der Waals surface area contributed by atoms with E-state index in [1.807, 2.05) is 6.92 Å². The first-order valence-corrected chi connectivity index (χ1v) is 3.58. The quantitative estimate of drug-likeness (QED) is 0.457. The van der Waals surface area contributed by atoms with Crippen LogP contribution in [0.2, 0.25) is 0 Å². The molecular weight excluding hydrogens is 132 g/mol. The summed E-state index contributed by atoms with van der Waals surface area (Å²) in [7, 11) is 0. The van der Waals surface area contributed by atoms with Gasteiger partial charge in [-0.2, -0.15) is 0 Å². The summed E-state index contributed by atoms with van der Waals surface area (Å²) in [6.07, 6.45) is 0.810. The van der Waals surface area contributed by atoms with E-state index in [-0.39, 0.29) is 18.2 Å². The van der Waals surface area contributed by atoms with Gasteiger partial charge in [0, 0.05) is 5.92 Å². The van der Waals surface area contributed by atoms with Crippen LogP contribution in [0.5, 0.6) is 0 Å². The monoisotopic (exact) mass is 142 g/mol. The Bertz CT molecular complexity index is 166. The van der Waals surface area contributed by atoms with E-state index >= 15 is 0 Å². The standard InChI is InChI=1S/C7H10O3/c1-4-5-2-7(8)10-6(5)3-9-4/h4-6H,2-3H2,1H3/t4-,5-,6+/m1/s1. The average Bonchev–Trinajstić information content (AvgIpc) is 2.35. The van der Waals surface area contributed by atoms with Crippen molar-refractivity contribution in [1.82, 2.24) is 0 Å². The molecule has 2 saturated heterocycles. The highest BCUT2D eigenvalue weighted by atomic mass is 16.6. The number of esters is 1. The van der Waals surface area contributed by atoms with E-state index in [4.69, 9.17) is 9.47 Å². The maximum Gasteiger partial charge on any atom is 0.306 e. The molecule has 2 aliphatic heterocycles. The van der Waals surface area contributed by atoms with Gasteiger partial charge < -0.3 is 9.47 Å². The van der Waals surface area contributed by atoms with Crippen LogP contribution >= 0.6 is 0 Å². The summed E-state index contributed by atoms with van der Waals surface area (Å²) >= 11 is 0. The molecule has 2 aliphatic rings. The van der Waals surface area contributed by atoms with Crippen molar-refractivity contribution in [3.05, 3.63) is 0 Å². The second-order valence-electron chi connectivity index (χ2n) is 2.93. The Morgan fingerprint density at radius 2 is 2.40 bits per heavy atom. The summed E-state index contributed by atoms with van der Waals surface area (Å²) in [6.45, 7) is 2.59. The summed E-state index contributed by atoms with van der Waals surface area (Å²) in [5.41, 5.74) is 0. The van der Waals surface area contributed by atoms with Gasteiger partial charge in [-0.15, -0.1) is 0 Å². The smallest absolute Gasteiger partial charge is 0.306 e. The molecule has 0 saturated carbocycles. The molecule has 0 aromatic carbocycles. The van der Waals surface area contributed by atoms with Crippen molar-refractivity contribution < 1.29 is 14.3 Å². The van der Waals surface area contributed by atoms with Crippen LogP contribution in [0, 0.1) is 5.92 Å². The number of ether oxygens (including phenoxy) is 2. The molecule has 0 spiro atoms. The van der Waals surface area contributed by atoms with E-state index in [1.54, 1.807) is 0 Å². The predicted octanol–water partition coefficient (Wildman–Crippen LogP) is 0.337. The molecule has 3 atom stereocenters. The summed E-state index contributed by atoms with van der Waals surface area (Å²) in [5, 5.41) is 0. The highest BCUT2D eigenvalue weighted by Crippen LogP contribution is 2.32. The van der Waals surface area contributed by atoms with E-state index in [1.165, 1.54) is 0 Å². The van der Waals surface area contributed by atoms with Crippen molar-refractivity contribution in [3.63, 3.8) is 0 Å². The fourth-order valence-corrected chi connectivity index (χ4v) is 1.62. The number of fused-ring (bicyclic) bond motifs is 1. The molecule has 2 rings (SSSR count). The molecule has 0 unspecified atom stereocenters. The van der Waals surface area contributed by atoms with Gasteiger partial charge >= 0.3 is 5.97 Å². The molecule has 0 N–H and O–H groups in total. The van der Waals surface area contributed by atoms with Crippen LogP contribution in [0.25, 0.3) is 0 Å². The lowest BCUT2D eigenvalue weighted by atomic mass is 9.99. The third kappa shape index (κ3) is 0.736. The Hall–Kier alpha value is -0.570. The molecule has 2 heterocycles. The number of carbonyl (C=O) groups excluding carboxylic acids is 1. The molecule has 0 amide bonds. The lowest BCUT2D eigenvalue weighted by molar-refractivity contribution is -0.142. The van der Waals surface area contributed by atoms with Crippen molar-refractivity contribution in [2.75, 3.05) is 6.61 Å². The first-order valence-electron chi connectivity index (χ1n) is 3.58. The number of hydrogen-bond acceptors (Lipinski definition) is 3. The van der Waals surface area contributed by atoms with Gasteiger partial charge in [-0.3, -0.25) is 4.79 Å². The largest absolute Gasteiger partial charge is 0.459 e. The van der Waals surface area contributed by atoms with Gasteiger partial charge in [0.15, 0.2) is 0 Å². The van der Waals surface area contributed by atoms with Gasteiger partial charge in [0.1, 0.15) is 6.10 Å². The Kier molecular flexibility index (Phi) is 1.20. The summed E-state index contributed by atoms with van der Waals surface area (Å²) in [6, 6.07) is 0. The lowest BCUT2D eigenvalue weighted by Crippen LogP contribution is -2.16. The Morgan fingerprint density at radius 3 is 3.10 bits per heavy atom. The van der Waals surface area contributed by atoms with Gasteiger partial charge in [-0.25, -0.2) is 0 Å². The lowest BCUT2D eigenvalue weighted by Gasteiger charge is -2.06. The number of hydrogen-bond donors (Lipinski definition) is 0. The summed E-state index contributed by atoms with van der Waals surface area (Å²) in [4.78, 5) is 10.7. The molecular formula is C7H10O3. The fraction of sp³-hybridized carbons (Fsp3) is 0.857. The zero-order valence-corrected chi connectivity index (χ0v) is 5.87. The van der Waals surface area contributed by atoms with Crippen LogP contribution in [0.15, 0.2) is 0 Å². The minimum atomic E-state index is -0.0647. The minimum absolute atomic E-state index is 0.0579. The summed E-state index contributed by atoms with van der Waals surface area (Å²) < 4.78 is 10.3. The molecule has 0 radical (unpaired) electrons. The molecule has 3 nitrogen and oxygen atoms in total. The van der Waals surface area contributed by atoms with E-state index in [2.05, 4.69) is 0 Å². The normalized spacial score (nSPS) is 45.3. The van der Waals surface area contributed by atoms with Gasteiger partial charge in [0.25, 0.3) is 0 Å². The first-order chi connectivity index (χ1) is 4.77. The molecule has 0 aromatic heterocycles. The average molecular weight is 142 g/mol. The first kappa shape index (κ1) is 6.16. The maximum atomic E-state index is 10.7. The SMILES string of the molecule is C[C@H]1OC[C@@H]2OC(=O)C[C@@H]21. The molecule has 0 aromatic rings. The van der Waals surface area contributed by atoms with Crippen LogP contribution in [-0.4, -0.2) is 24.8 Å². The molecule has 10 heavy (non-hydrogen) atoms. The van der Waals surface area contributed by atoms with Crippen molar-refractivity contribution in [2.45, 2.75) is 25.6 Å². The van der Waals surface area contributed by atoms with Crippen LogP contribution in [0.3, 0.4) is 0 Å². The Morgan fingerprint density at radius 1 is 1.60 bits per heavy atom. The van der Waals surface area contributed by atoms with Crippen molar-refractivity contribution in [1.29, 1.82) is 0 Å². The van der Waals surface area contributed by atoms with Crippen LogP contribution in [-0.2, 0) is 14.3 Å². The van der Waals surface area contributed by atoms with Crippen molar-refractivity contribution >= 4 is 5.97 Å². The maximum absolute atomic E-state index is 10.7. The van der Waals surface area contributed by atoms with Gasteiger partial charge in [0.2, 0.25) is 0 Å². The predicted molar refractivity (Wildman–Crippen MR) is 33.4 cm³/mol. The van der Waals surface area contributed by atoms with Gasteiger partial charge in [-0.1, -0.05) is 0 Å². The van der Waals surface area contributed by atoms with Gasteiger partial charge in [-0.05, 0) is 6.92 Å². The molecule has 56 valence electrons. The number of rotatable bonds is 0. The molecule has 2 fully saturated rings. The third-order valence-corrected chi connectivity index (χ3v) is 2.29. The third-order valence-electron chi connectivity index (χ3n) is 2.29. The fourth-order valence-electron chi connectivity index (χ4n) is 1.62. The number of carbonyl (C=O) groups is 1. The van der Waals surface area contributed by atoms with Crippen LogP contribution < -0.4 is 0 Å². The van der Waals surface area contributed by atoms with Crippen LogP contribution in [0.1, 0.15) is 13.3 Å². The van der Waals surface area contributed by atoms with Crippen molar-refractivity contribution in [2.24, 2.45) is 5.92 Å². The second kappa shape index (κ2) is 1.95. The molecule has 0 aliphatic carbocycles. The van der Waals surface area contributed by atoms with Crippen LogP contribution in [0.4, 0.5) is 0 Å². The van der Waals surface area contributed by atoms with Gasteiger partial charge in [0.05, 0.1) is 19.1 Å². The second-order valence-corrected chi connectivity index (χ2v) is 2.93. The van der Waals surface area contributed by atoms with Crippen molar-refractivity contribution in [3.8, 4) is 0 Å². The highest BCUT2D eigenvalue weighted by molar-refractivity contribution is 5.72. The zero-order chi connectivity index (χ0) is 7.14. The minimum Gasteiger partial charge on any atom is -0.459 e. The van der Waals surface area contributed by atoms with E-state index in [0.717, 1.165) is 0 Å². The van der Waals surface area contributed by atoms with E-state index in [9.17, 15) is 4.79 Å². The highest BCUT2D eigenvalue weighted by Gasteiger charge is 2.43. The Balaban J connectivity index is 2.12. The van der Waals surface area contributed by atoms with E-state index < -0.39 is 0 Å². The molecule has 0 bridgehead atoms. The topological polar surface area (TPSA) is 35.5 Å².